The van der Waals surface area contributed by atoms with Crippen LogP contribution < -0.4 is 5.32 Å². The Morgan fingerprint density at radius 2 is 1.41 bits per heavy atom. The summed E-state index contributed by atoms with van der Waals surface area (Å²) in [7, 11) is 0. The molecule has 0 aliphatic heterocycles. The van der Waals surface area contributed by atoms with Gasteiger partial charge in [-0.25, -0.2) is 4.79 Å². The van der Waals surface area contributed by atoms with Crippen LogP contribution in [0.1, 0.15) is 98.2 Å². The molecule has 0 radical (unpaired) electrons. The number of nitrogens with zero attached hydrogens (tertiary/aromatic N) is 2. The van der Waals surface area contributed by atoms with E-state index in [9.17, 15) is 19.5 Å². The van der Waals surface area contributed by atoms with Crippen LogP contribution in [-0.4, -0.2) is 34.3 Å². The van der Waals surface area contributed by atoms with Gasteiger partial charge in [0.05, 0.1) is 11.6 Å². The SMILES string of the molecule is CCCCCCCCCCCCNC(=O)c1cccc(CN(Cc2cccc(C#N)c2)C(=O)C(=O)O)c1. The average molecular weight is 506 g/mol. The number of nitriles is 1. The fraction of sp³-hybridized carbons (Fsp3) is 0.467. The lowest BCUT2D eigenvalue weighted by atomic mass is 10.1. The predicted molar refractivity (Wildman–Crippen MR) is 144 cm³/mol. The second-order valence-electron chi connectivity index (χ2n) is 9.42. The summed E-state index contributed by atoms with van der Waals surface area (Å²) in [6, 6.07) is 15.6. The molecule has 2 N–H and O–H groups in total. The molecule has 198 valence electrons. The Balaban J connectivity index is 1.84. The number of benzene rings is 2. The van der Waals surface area contributed by atoms with Crippen LogP contribution in [0.15, 0.2) is 48.5 Å². The summed E-state index contributed by atoms with van der Waals surface area (Å²) in [5.41, 5.74) is 2.21. The van der Waals surface area contributed by atoms with Gasteiger partial charge in [-0.3, -0.25) is 9.59 Å². The third-order valence-electron chi connectivity index (χ3n) is 6.28. The summed E-state index contributed by atoms with van der Waals surface area (Å²) in [5, 5.41) is 21.3. The Morgan fingerprint density at radius 1 is 0.838 bits per heavy atom. The van der Waals surface area contributed by atoms with Gasteiger partial charge in [-0.15, -0.1) is 0 Å². The van der Waals surface area contributed by atoms with Crippen molar-refractivity contribution in [1.29, 1.82) is 5.26 Å². The first-order chi connectivity index (χ1) is 17.9. The molecule has 37 heavy (non-hydrogen) atoms. The number of nitrogens with one attached hydrogen (secondary N) is 1. The van der Waals surface area contributed by atoms with E-state index < -0.39 is 11.9 Å². The van der Waals surface area contributed by atoms with Crippen molar-refractivity contribution >= 4 is 17.8 Å². The van der Waals surface area contributed by atoms with Crippen LogP contribution in [0.3, 0.4) is 0 Å². The van der Waals surface area contributed by atoms with E-state index in [2.05, 4.69) is 12.2 Å². The highest BCUT2D eigenvalue weighted by Gasteiger charge is 2.22. The van der Waals surface area contributed by atoms with Crippen molar-refractivity contribution in [3.05, 3.63) is 70.8 Å². The Kier molecular flexibility index (Phi) is 13.5. The van der Waals surface area contributed by atoms with Crippen molar-refractivity contribution < 1.29 is 19.5 Å². The third kappa shape index (κ3) is 11.3. The molecule has 0 spiro atoms. The summed E-state index contributed by atoms with van der Waals surface area (Å²) in [6.45, 7) is 2.91. The van der Waals surface area contributed by atoms with E-state index in [1.807, 2.05) is 6.07 Å². The summed E-state index contributed by atoms with van der Waals surface area (Å²) in [4.78, 5) is 37.6. The molecule has 0 atom stereocenters. The van der Waals surface area contributed by atoms with Gasteiger partial charge in [0.1, 0.15) is 0 Å². The number of carboxylic acid groups (broad SMARTS) is 1. The zero-order valence-electron chi connectivity index (χ0n) is 21.9. The molecule has 2 aromatic carbocycles. The van der Waals surface area contributed by atoms with Gasteiger partial charge < -0.3 is 15.3 Å². The van der Waals surface area contributed by atoms with Crippen molar-refractivity contribution in [2.24, 2.45) is 0 Å². The maximum Gasteiger partial charge on any atom is 0.394 e. The number of hydrogen-bond donors (Lipinski definition) is 2. The number of amides is 2. The molecule has 7 heteroatoms. The molecule has 0 fully saturated rings. The van der Waals surface area contributed by atoms with Crippen molar-refractivity contribution in [3.8, 4) is 6.07 Å². The Hall–Kier alpha value is -3.66. The first kappa shape index (κ1) is 29.6. The average Bonchev–Trinajstić information content (AvgIpc) is 2.91. The monoisotopic (exact) mass is 505 g/mol. The van der Waals surface area contributed by atoms with E-state index in [1.165, 1.54) is 56.3 Å². The van der Waals surface area contributed by atoms with Crippen molar-refractivity contribution in [2.45, 2.75) is 84.2 Å². The van der Waals surface area contributed by atoms with Gasteiger partial charge >= 0.3 is 11.9 Å². The minimum Gasteiger partial charge on any atom is -0.474 e. The maximum atomic E-state index is 12.6. The summed E-state index contributed by atoms with van der Waals surface area (Å²) in [6.07, 6.45) is 12.3. The molecule has 2 rings (SSSR count). The molecular weight excluding hydrogens is 466 g/mol. The number of carbonyl (C=O) groups excluding carboxylic acids is 2. The van der Waals surface area contributed by atoms with Gasteiger partial charge in [0.25, 0.3) is 5.91 Å². The molecule has 0 aliphatic carbocycles. The zero-order valence-corrected chi connectivity index (χ0v) is 21.9. The van der Waals surface area contributed by atoms with Crippen LogP contribution in [0.2, 0.25) is 0 Å². The largest absolute Gasteiger partial charge is 0.474 e. The van der Waals surface area contributed by atoms with Gasteiger partial charge in [0, 0.05) is 25.2 Å². The minimum atomic E-state index is -1.55. The lowest BCUT2D eigenvalue weighted by Crippen LogP contribution is -2.35. The highest BCUT2D eigenvalue weighted by Crippen LogP contribution is 2.14. The molecule has 0 heterocycles. The van der Waals surface area contributed by atoms with Crippen molar-refractivity contribution in [3.63, 3.8) is 0 Å². The Labute approximate surface area is 220 Å². The second-order valence-corrected chi connectivity index (χ2v) is 9.42. The highest BCUT2D eigenvalue weighted by atomic mass is 16.4. The van der Waals surface area contributed by atoms with E-state index in [-0.39, 0.29) is 19.0 Å². The third-order valence-corrected chi connectivity index (χ3v) is 6.28. The number of aliphatic carboxylic acids is 1. The molecule has 0 unspecified atom stereocenters. The topological polar surface area (TPSA) is 111 Å². The smallest absolute Gasteiger partial charge is 0.394 e. The summed E-state index contributed by atoms with van der Waals surface area (Å²) >= 11 is 0. The number of rotatable bonds is 16. The van der Waals surface area contributed by atoms with Gasteiger partial charge in [-0.1, -0.05) is 89.0 Å². The summed E-state index contributed by atoms with van der Waals surface area (Å²) in [5.74, 6) is -2.78. The Morgan fingerprint density at radius 3 is 2.00 bits per heavy atom. The van der Waals surface area contributed by atoms with Crippen LogP contribution in [0.4, 0.5) is 0 Å². The first-order valence-corrected chi connectivity index (χ1v) is 13.3. The zero-order chi connectivity index (χ0) is 26.9. The second kappa shape index (κ2) is 16.9. The van der Waals surface area contributed by atoms with E-state index in [0.29, 0.717) is 28.8 Å². The number of carboxylic acids is 1. The van der Waals surface area contributed by atoms with Crippen LogP contribution >= 0.6 is 0 Å². The van der Waals surface area contributed by atoms with Gasteiger partial charge in [0.15, 0.2) is 0 Å². The minimum absolute atomic E-state index is 0.0292. The molecule has 0 saturated heterocycles. The van der Waals surface area contributed by atoms with Crippen LogP contribution in [0.25, 0.3) is 0 Å². The fourth-order valence-corrected chi connectivity index (χ4v) is 4.24. The molecule has 7 nitrogen and oxygen atoms in total. The van der Waals surface area contributed by atoms with Crippen molar-refractivity contribution in [1.82, 2.24) is 10.2 Å². The van der Waals surface area contributed by atoms with Crippen LogP contribution in [-0.2, 0) is 22.7 Å². The van der Waals surface area contributed by atoms with Gasteiger partial charge in [-0.2, -0.15) is 5.26 Å². The van der Waals surface area contributed by atoms with Crippen molar-refractivity contribution in [2.75, 3.05) is 6.54 Å². The van der Waals surface area contributed by atoms with Gasteiger partial charge in [-0.05, 0) is 41.8 Å². The van der Waals surface area contributed by atoms with Crippen LogP contribution in [0, 0.1) is 11.3 Å². The van der Waals surface area contributed by atoms with E-state index >= 15 is 0 Å². The molecular formula is C30H39N3O4. The Bertz CT molecular complexity index is 1060. The quantitative estimate of drug-likeness (QED) is 0.220. The van der Waals surface area contributed by atoms with E-state index in [0.717, 1.165) is 12.8 Å². The maximum absolute atomic E-state index is 12.6. The molecule has 0 bridgehead atoms. The highest BCUT2D eigenvalue weighted by molar-refractivity contribution is 6.31. The lowest BCUT2D eigenvalue weighted by Gasteiger charge is -2.21. The number of carbonyl (C=O) groups is 3. The number of hydrogen-bond acceptors (Lipinski definition) is 4. The summed E-state index contributed by atoms with van der Waals surface area (Å²) < 4.78 is 0. The standard InChI is InChI=1S/C30H39N3O4/c1-2-3-4-5-6-7-8-9-10-11-18-32-28(34)27-17-13-16-26(20-27)23-33(29(35)30(36)37)22-25-15-12-14-24(19-25)21-31/h12-17,19-20H,2-11,18,22-23H2,1H3,(H,32,34)(H,36,37). The first-order valence-electron chi connectivity index (χ1n) is 13.3. The normalized spacial score (nSPS) is 10.5. The molecule has 2 amide bonds. The predicted octanol–water partition coefficient (Wildman–Crippen LogP) is 5.82. The molecule has 0 aliphatic rings. The van der Waals surface area contributed by atoms with Crippen LogP contribution in [0.5, 0.6) is 0 Å². The molecule has 2 aromatic rings. The number of unbranched alkanes of at least 4 members (excludes halogenated alkanes) is 9. The van der Waals surface area contributed by atoms with E-state index in [4.69, 9.17) is 5.26 Å². The molecule has 0 aromatic heterocycles. The van der Waals surface area contributed by atoms with E-state index in [1.54, 1.807) is 48.5 Å². The molecule has 0 saturated carbocycles. The van der Waals surface area contributed by atoms with Gasteiger partial charge in [0.2, 0.25) is 0 Å². The lowest BCUT2D eigenvalue weighted by molar-refractivity contribution is -0.156. The fourth-order valence-electron chi connectivity index (χ4n) is 4.24.